The summed E-state index contributed by atoms with van der Waals surface area (Å²) < 4.78 is 0. The lowest BCUT2D eigenvalue weighted by atomic mass is 10.1. The van der Waals surface area contributed by atoms with Crippen molar-refractivity contribution in [2.75, 3.05) is 18.9 Å². The van der Waals surface area contributed by atoms with Crippen LogP contribution in [0, 0.1) is 0 Å². The quantitative estimate of drug-likeness (QED) is 0.627. The first-order valence-corrected chi connectivity index (χ1v) is 7.02. The van der Waals surface area contributed by atoms with Crippen LogP contribution in [0.4, 0.5) is 0 Å². The number of phenols is 2. The third-order valence-corrected chi connectivity index (χ3v) is 3.25. The average molecular weight is 316 g/mol. The number of phenolic OH excluding ortho intramolecular Hbond substituents is 2. The molecule has 1 aromatic rings. The molecule has 0 bridgehead atoms. The standard InChI is InChI=1S/C13H18BrNO3/c1-15(8-4-2-3-7-14)13(18)11-6-5-10(16)9-12(11)17/h5-6,9,16-17H,2-4,7-8H2,1H3. The zero-order chi connectivity index (χ0) is 13.5. The number of unbranched alkanes of at least 4 members (excludes halogenated alkanes) is 2. The van der Waals surface area contributed by atoms with Gasteiger partial charge in [0.1, 0.15) is 11.5 Å². The lowest BCUT2D eigenvalue weighted by Gasteiger charge is -2.17. The van der Waals surface area contributed by atoms with Crippen LogP contribution in [0.15, 0.2) is 18.2 Å². The molecule has 0 saturated heterocycles. The summed E-state index contributed by atoms with van der Waals surface area (Å²) in [6.07, 6.45) is 3.09. The van der Waals surface area contributed by atoms with Crippen molar-refractivity contribution in [2.24, 2.45) is 0 Å². The van der Waals surface area contributed by atoms with E-state index in [1.807, 2.05) is 0 Å². The summed E-state index contributed by atoms with van der Waals surface area (Å²) in [5.74, 6) is -0.470. The number of nitrogens with zero attached hydrogens (tertiary/aromatic N) is 1. The van der Waals surface area contributed by atoms with Gasteiger partial charge in [-0.3, -0.25) is 4.79 Å². The number of benzene rings is 1. The van der Waals surface area contributed by atoms with E-state index in [-0.39, 0.29) is 23.0 Å². The minimum atomic E-state index is -0.230. The number of aromatic hydroxyl groups is 2. The highest BCUT2D eigenvalue weighted by molar-refractivity contribution is 9.09. The molecule has 2 N–H and O–H groups in total. The number of hydrogen-bond donors (Lipinski definition) is 2. The van der Waals surface area contributed by atoms with Gasteiger partial charge in [-0.25, -0.2) is 0 Å². The fourth-order valence-electron chi connectivity index (χ4n) is 1.63. The first kappa shape index (κ1) is 14.8. The second-order valence-corrected chi connectivity index (χ2v) is 4.97. The van der Waals surface area contributed by atoms with Crippen molar-refractivity contribution in [1.29, 1.82) is 0 Å². The van der Waals surface area contributed by atoms with E-state index in [0.29, 0.717) is 6.54 Å². The van der Waals surface area contributed by atoms with Gasteiger partial charge in [-0.05, 0) is 25.0 Å². The van der Waals surface area contributed by atoms with Crippen molar-refractivity contribution in [1.82, 2.24) is 4.90 Å². The van der Waals surface area contributed by atoms with E-state index in [2.05, 4.69) is 15.9 Å². The van der Waals surface area contributed by atoms with Crippen molar-refractivity contribution < 1.29 is 15.0 Å². The van der Waals surface area contributed by atoms with Crippen LogP contribution in [-0.4, -0.2) is 39.9 Å². The summed E-state index contributed by atoms with van der Waals surface area (Å²) in [6, 6.07) is 4.00. The summed E-state index contributed by atoms with van der Waals surface area (Å²) in [7, 11) is 1.71. The Morgan fingerprint density at radius 3 is 2.61 bits per heavy atom. The molecule has 0 aromatic heterocycles. The maximum Gasteiger partial charge on any atom is 0.257 e. The van der Waals surface area contributed by atoms with E-state index < -0.39 is 0 Å². The molecular formula is C13H18BrNO3. The van der Waals surface area contributed by atoms with Crippen molar-refractivity contribution >= 4 is 21.8 Å². The Morgan fingerprint density at radius 1 is 1.28 bits per heavy atom. The molecule has 0 aliphatic heterocycles. The summed E-state index contributed by atoms with van der Waals surface area (Å²) in [5.41, 5.74) is 0.218. The molecule has 100 valence electrons. The Kier molecular flexibility index (Phi) is 5.98. The van der Waals surface area contributed by atoms with Gasteiger partial charge in [-0.15, -0.1) is 0 Å². The smallest absolute Gasteiger partial charge is 0.257 e. The van der Waals surface area contributed by atoms with Gasteiger partial charge in [0.25, 0.3) is 5.91 Å². The maximum absolute atomic E-state index is 12.0. The van der Waals surface area contributed by atoms with Crippen LogP contribution in [0.2, 0.25) is 0 Å². The average Bonchev–Trinajstić information content (AvgIpc) is 2.33. The lowest BCUT2D eigenvalue weighted by molar-refractivity contribution is 0.0789. The predicted octanol–water partition coefficient (Wildman–Crippen LogP) is 2.74. The summed E-state index contributed by atoms with van der Waals surface area (Å²) in [5, 5.41) is 19.8. The number of alkyl halides is 1. The van der Waals surface area contributed by atoms with Gasteiger partial charge in [0, 0.05) is 25.0 Å². The number of amides is 1. The van der Waals surface area contributed by atoms with Crippen molar-refractivity contribution in [3.8, 4) is 11.5 Å². The first-order chi connectivity index (χ1) is 8.56. The third kappa shape index (κ3) is 4.22. The second-order valence-electron chi connectivity index (χ2n) is 4.18. The molecule has 0 aliphatic carbocycles. The van der Waals surface area contributed by atoms with Crippen LogP contribution < -0.4 is 0 Å². The van der Waals surface area contributed by atoms with E-state index in [1.165, 1.54) is 18.2 Å². The molecule has 0 fully saturated rings. The minimum Gasteiger partial charge on any atom is -0.508 e. The minimum absolute atomic E-state index is 0.0518. The fraction of sp³-hybridized carbons (Fsp3) is 0.462. The van der Waals surface area contributed by atoms with Crippen LogP contribution in [-0.2, 0) is 0 Å². The largest absolute Gasteiger partial charge is 0.508 e. The van der Waals surface area contributed by atoms with Gasteiger partial charge in [0.15, 0.2) is 0 Å². The lowest BCUT2D eigenvalue weighted by Crippen LogP contribution is -2.27. The summed E-state index contributed by atoms with van der Waals surface area (Å²) >= 11 is 3.36. The number of rotatable bonds is 6. The van der Waals surface area contributed by atoms with Gasteiger partial charge in [-0.1, -0.05) is 22.4 Å². The van der Waals surface area contributed by atoms with Crippen LogP contribution in [0.3, 0.4) is 0 Å². The van der Waals surface area contributed by atoms with Crippen molar-refractivity contribution in [2.45, 2.75) is 19.3 Å². The molecule has 1 rings (SSSR count). The van der Waals surface area contributed by atoms with E-state index in [0.717, 1.165) is 24.6 Å². The first-order valence-electron chi connectivity index (χ1n) is 5.89. The molecule has 0 unspecified atom stereocenters. The molecule has 5 heteroatoms. The van der Waals surface area contributed by atoms with Crippen molar-refractivity contribution in [3.05, 3.63) is 23.8 Å². The van der Waals surface area contributed by atoms with E-state index in [1.54, 1.807) is 11.9 Å². The molecule has 0 heterocycles. The molecule has 1 aromatic carbocycles. The van der Waals surface area contributed by atoms with E-state index >= 15 is 0 Å². The van der Waals surface area contributed by atoms with Gasteiger partial charge in [-0.2, -0.15) is 0 Å². The highest BCUT2D eigenvalue weighted by Gasteiger charge is 2.15. The number of halogens is 1. The Hall–Kier alpha value is -1.23. The van der Waals surface area contributed by atoms with Crippen LogP contribution in [0.25, 0.3) is 0 Å². The highest BCUT2D eigenvalue weighted by Crippen LogP contribution is 2.23. The maximum atomic E-state index is 12.0. The Morgan fingerprint density at radius 2 is 2.00 bits per heavy atom. The van der Waals surface area contributed by atoms with Crippen LogP contribution in [0.5, 0.6) is 11.5 Å². The van der Waals surface area contributed by atoms with Gasteiger partial charge in [0.05, 0.1) is 5.56 Å². The SMILES string of the molecule is CN(CCCCCBr)C(=O)c1ccc(O)cc1O. The zero-order valence-corrected chi connectivity index (χ0v) is 12.0. The topological polar surface area (TPSA) is 60.8 Å². The van der Waals surface area contributed by atoms with Gasteiger partial charge < -0.3 is 15.1 Å². The molecular weight excluding hydrogens is 298 g/mol. The Bertz CT molecular complexity index is 409. The zero-order valence-electron chi connectivity index (χ0n) is 10.4. The predicted molar refractivity (Wildman–Crippen MR) is 74.4 cm³/mol. The molecule has 0 atom stereocenters. The number of carbonyl (C=O) groups excluding carboxylic acids is 1. The van der Waals surface area contributed by atoms with Crippen LogP contribution >= 0.6 is 15.9 Å². The monoisotopic (exact) mass is 315 g/mol. The summed E-state index contributed by atoms with van der Waals surface area (Å²) in [4.78, 5) is 13.6. The second kappa shape index (κ2) is 7.26. The Balaban J connectivity index is 2.57. The molecule has 0 radical (unpaired) electrons. The fourth-order valence-corrected chi connectivity index (χ4v) is 2.02. The molecule has 18 heavy (non-hydrogen) atoms. The molecule has 0 aliphatic rings. The molecule has 4 nitrogen and oxygen atoms in total. The molecule has 0 saturated carbocycles. The summed E-state index contributed by atoms with van der Waals surface area (Å²) in [6.45, 7) is 0.659. The van der Waals surface area contributed by atoms with E-state index in [9.17, 15) is 9.90 Å². The molecule has 1 amide bonds. The number of carbonyl (C=O) groups is 1. The van der Waals surface area contributed by atoms with Crippen molar-refractivity contribution in [3.63, 3.8) is 0 Å². The van der Waals surface area contributed by atoms with Gasteiger partial charge in [0.2, 0.25) is 0 Å². The van der Waals surface area contributed by atoms with E-state index in [4.69, 9.17) is 5.11 Å². The number of hydrogen-bond acceptors (Lipinski definition) is 3. The normalized spacial score (nSPS) is 10.3. The van der Waals surface area contributed by atoms with Gasteiger partial charge >= 0.3 is 0 Å². The molecule has 0 spiro atoms. The van der Waals surface area contributed by atoms with Crippen LogP contribution in [0.1, 0.15) is 29.6 Å². The Labute approximate surface area is 115 Å². The highest BCUT2D eigenvalue weighted by atomic mass is 79.9. The third-order valence-electron chi connectivity index (χ3n) is 2.69.